The molecule has 3 aromatic rings. The van der Waals surface area contributed by atoms with Crippen molar-refractivity contribution in [3.8, 4) is 0 Å². The Labute approximate surface area is 255 Å². The lowest BCUT2D eigenvalue weighted by molar-refractivity contribution is -0.119. The number of amides is 3. The van der Waals surface area contributed by atoms with E-state index in [1.807, 2.05) is 61.5 Å². The van der Waals surface area contributed by atoms with E-state index in [9.17, 15) is 14.4 Å². The summed E-state index contributed by atoms with van der Waals surface area (Å²) in [7, 11) is 0. The summed E-state index contributed by atoms with van der Waals surface area (Å²) < 4.78 is 4.92. The number of hydrogen-bond acceptors (Lipinski definition) is 9. The highest BCUT2D eigenvalue weighted by Crippen LogP contribution is 2.18. The van der Waals surface area contributed by atoms with E-state index in [2.05, 4.69) is 26.1 Å². The largest absolute Gasteiger partial charge is 0.450 e. The maximum absolute atomic E-state index is 12.5. The van der Waals surface area contributed by atoms with Crippen molar-refractivity contribution in [1.29, 1.82) is 0 Å². The molecule has 0 bridgehead atoms. The number of alkyl carbamates (subject to hydrolysis) is 1. The summed E-state index contributed by atoms with van der Waals surface area (Å²) in [5.74, 6) is -0.201. The van der Waals surface area contributed by atoms with E-state index in [0.717, 1.165) is 41.0 Å². The molecule has 0 radical (unpaired) electrons. The zero-order chi connectivity index (χ0) is 31.0. The number of carbonyl (C=O) groups is 3. The third kappa shape index (κ3) is 12.4. The molecule has 11 nitrogen and oxygen atoms in total. The van der Waals surface area contributed by atoms with Gasteiger partial charge in [-0.15, -0.1) is 10.2 Å². The minimum Gasteiger partial charge on any atom is -0.450 e. The van der Waals surface area contributed by atoms with Crippen molar-refractivity contribution in [2.45, 2.75) is 58.4 Å². The van der Waals surface area contributed by atoms with E-state index in [1.54, 1.807) is 19.1 Å². The summed E-state index contributed by atoms with van der Waals surface area (Å²) in [6, 6.07) is 16.7. The molecule has 7 N–H and O–H groups in total. The lowest BCUT2D eigenvalue weighted by atomic mass is 10.0. The molecular formula is C31H39N7O4S. The first-order chi connectivity index (χ1) is 20.7. The molecule has 12 heteroatoms. The molecule has 228 valence electrons. The van der Waals surface area contributed by atoms with Crippen LogP contribution in [0, 0.1) is 0 Å². The molecular weight excluding hydrogens is 566 g/mol. The third-order valence-electron chi connectivity index (χ3n) is 6.21. The Kier molecular flexibility index (Phi) is 13.2. The number of aryl methyl sites for hydroxylation is 1. The normalized spacial score (nSPS) is 12.3. The lowest BCUT2D eigenvalue weighted by Crippen LogP contribution is -2.29. The fourth-order valence-electron chi connectivity index (χ4n) is 4.07. The van der Waals surface area contributed by atoms with Crippen molar-refractivity contribution in [1.82, 2.24) is 20.8 Å². The Bertz CT molecular complexity index is 1420. The number of aromatic nitrogens is 2. The van der Waals surface area contributed by atoms with Crippen LogP contribution in [-0.2, 0) is 33.6 Å². The Hall–Kier alpha value is -4.71. The van der Waals surface area contributed by atoms with Crippen LogP contribution in [0.15, 0.2) is 78.3 Å². The maximum atomic E-state index is 12.5. The molecule has 1 atom stereocenters. The van der Waals surface area contributed by atoms with Gasteiger partial charge in [-0.1, -0.05) is 65.9 Å². The molecule has 1 unspecified atom stereocenters. The van der Waals surface area contributed by atoms with E-state index in [4.69, 9.17) is 16.2 Å². The number of nitrogens with zero attached hydrogens (tertiary/aromatic N) is 2. The van der Waals surface area contributed by atoms with Crippen LogP contribution < -0.4 is 27.4 Å². The van der Waals surface area contributed by atoms with Gasteiger partial charge in [0.05, 0.1) is 25.5 Å². The molecule has 3 rings (SSSR count). The smallest absolute Gasteiger partial charge is 0.407 e. The van der Waals surface area contributed by atoms with Crippen LogP contribution in [0.25, 0.3) is 0 Å². The summed E-state index contributed by atoms with van der Waals surface area (Å²) in [5, 5.41) is 17.8. The Morgan fingerprint density at radius 1 is 0.953 bits per heavy atom. The van der Waals surface area contributed by atoms with Gasteiger partial charge in [-0.3, -0.25) is 9.59 Å². The van der Waals surface area contributed by atoms with Crippen LogP contribution in [0.3, 0.4) is 0 Å². The Morgan fingerprint density at radius 2 is 1.70 bits per heavy atom. The number of unbranched alkanes of at least 4 members (excludes halogenated alkanes) is 1. The van der Waals surface area contributed by atoms with Gasteiger partial charge < -0.3 is 32.2 Å². The first-order valence-electron chi connectivity index (χ1n) is 14.1. The molecule has 43 heavy (non-hydrogen) atoms. The van der Waals surface area contributed by atoms with E-state index in [1.165, 1.54) is 11.3 Å². The van der Waals surface area contributed by atoms with Crippen molar-refractivity contribution in [3.63, 3.8) is 0 Å². The topological polar surface area (TPSA) is 174 Å². The van der Waals surface area contributed by atoms with Crippen LogP contribution in [0.1, 0.15) is 60.8 Å². The zero-order valence-electron chi connectivity index (χ0n) is 24.5. The van der Waals surface area contributed by atoms with Gasteiger partial charge >= 0.3 is 6.09 Å². The quantitative estimate of drug-likeness (QED) is 0.126. The van der Waals surface area contributed by atoms with E-state index < -0.39 is 6.09 Å². The fraction of sp³-hybridized carbons (Fsp3) is 0.323. The average molecular weight is 606 g/mol. The fourth-order valence-corrected chi connectivity index (χ4v) is 4.87. The third-order valence-corrected chi connectivity index (χ3v) is 7.11. The second-order valence-electron chi connectivity index (χ2n) is 9.84. The number of ether oxygens (including phenoxy) is 1. The highest BCUT2D eigenvalue weighted by atomic mass is 32.1. The summed E-state index contributed by atoms with van der Waals surface area (Å²) >= 11 is 1.37. The molecule has 0 saturated heterocycles. The predicted octanol–water partition coefficient (Wildman–Crippen LogP) is 4.24. The number of allylic oxidation sites excluding steroid dienone is 3. The van der Waals surface area contributed by atoms with Gasteiger partial charge in [0.2, 0.25) is 16.9 Å². The van der Waals surface area contributed by atoms with Gasteiger partial charge in [0.1, 0.15) is 10.8 Å². The van der Waals surface area contributed by atoms with Gasteiger partial charge in [0, 0.05) is 12.1 Å². The van der Waals surface area contributed by atoms with Gasteiger partial charge in [-0.2, -0.15) is 0 Å². The van der Waals surface area contributed by atoms with E-state index in [-0.39, 0.29) is 36.5 Å². The zero-order valence-corrected chi connectivity index (χ0v) is 25.3. The molecule has 0 spiro atoms. The Morgan fingerprint density at radius 3 is 2.47 bits per heavy atom. The minimum absolute atomic E-state index is 0.123. The van der Waals surface area contributed by atoms with Gasteiger partial charge in [-0.25, -0.2) is 4.79 Å². The number of rotatable bonds is 15. The number of nitrogens with two attached hydrogens (primary N) is 2. The van der Waals surface area contributed by atoms with Crippen molar-refractivity contribution in [2.24, 2.45) is 11.5 Å². The van der Waals surface area contributed by atoms with Crippen LogP contribution in [0.2, 0.25) is 0 Å². The minimum atomic E-state index is -0.490. The summed E-state index contributed by atoms with van der Waals surface area (Å²) in [5.41, 5.74) is 15.3. The van der Waals surface area contributed by atoms with Crippen LogP contribution in [0.5, 0.6) is 0 Å². The molecule has 0 saturated carbocycles. The molecule has 1 heterocycles. The number of hydrogen-bond donors (Lipinski definition) is 5. The second-order valence-corrected chi connectivity index (χ2v) is 10.9. The molecule has 1 aromatic heterocycles. The number of carbonyl (C=O) groups excluding carboxylic acids is 3. The lowest BCUT2D eigenvalue weighted by Gasteiger charge is -2.15. The summed E-state index contributed by atoms with van der Waals surface area (Å²) in [4.78, 5) is 36.4. The standard InChI is InChI=1S/C31H39N7O4S/c1-3-42-31(41)34-21(2)24-13-9-12-23(18-24)20-27(39)35-26(33)17-16-25(32)14-7-8-15-29-37-38-30(43-29)36-28(40)19-22-10-5-4-6-11-22/h4-6,9-13,16-18,21H,3,7-8,14-15,19-20,32-33H2,1-2H3,(H,34,41)(H,35,39)(H,36,38,40)/b25-16-,26-17+. The van der Waals surface area contributed by atoms with Crippen molar-refractivity contribution in [3.05, 3.63) is 100.0 Å². The average Bonchev–Trinajstić information content (AvgIpc) is 3.41. The van der Waals surface area contributed by atoms with Crippen molar-refractivity contribution >= 4 is 34.4 Å². The van der Waals surface area contributed by atoms with Crippen molar-refractivity contribution in [2.75, 3.05) is 11.9 Å². The van der Waals surface area contributed by atoms with Crippen LogP contribution in [-0.4, -0.2) is 34.7 Å². The summed E-state index contributed by atoms with van der Waals surface area (Å²) in [6.45, 7) is 3.88. The Balaban J connectivity index is 1.36. The van der Waals surface area contributed by atoms with Crippen LogP contribution in [0.4, 0.5) is 9.93 Å². The maximum Gasteiger partial charge on any atom is 0.407 e. The molecule has 0 aliphatic heterocycles. The van der Waals surface area contributed by atoms with Gasteiger partial charge in [0.15, 0.2) is 0 Å². The number of benzene rings is 2. The second kappa shape index (κ2) is 17.3. The van der Waals surface area contributed by atoms with Gasteiger partial charge in [0.25, 0.3) is 0 Å². The monoisotopic (exact) mass is 605 g/mol. The van der Waals surface area contributed by atoms with E-state index >= 15 is 0 Å². The molecule has 2 aromatic carbocycles. The van der Waals surface area contributed by atoms with Crippen LogP contribution >= 0.6 is 11.3 Å². The number of nitrogens with one attached hydrogen (secondary N) is 3. The summed E-state index contributed by atoms with van der Waals surface area (Å²) in [6.07, 6.45) is 6.24. The molecule has 3 amide bonds. The highest BCUT2D eigenvalue weighted by molar-refractivity contribution is 7.15. The van der Waals surface area contributed by atoms with Crippen molar-refractivity contribution < 1.29 is 19.1 Å². The number of anilines is 1. The van der Waals surface area contributed by atoms with Gasteiger partial charge in [-0.05, 0) is 62.0 Å². The molecule has 0 aliphatic carbocycles. The predicted molar refractivity (Wildman–Crippen MR) is 168 cm³/mol. The van der Waals surface area contributed by atoms with E-state index in [0.29, 0.717) is 23.9 Å². The molecule has 0 aliphatic rings. The highest BCUT2D eigenvalue weighted by Gasteiger charge is 2.12. The first kappa shape index (κ1) is 32.8. The SMILES string of the molecule is CCOC(=O)NC(C)c1cccc(CC(=O)N/C(N)=C/C=C(\N)CCCCc2nnc(NC(=O)Cc3ccccc3)s2)c1. The molecule has 0 fully saturated rings. The first-order valence-corrected chi connectivity index (χ1v) is 14.9.